The Bertz CT molecular complexity index is 493. The van der Waals surface area contributed by atoms with Gasteiger partial charge in [0, 0.05) is 17.8 Å². The standard InChI is InChI=1S/C15H21N3O/c1-10-8-15(12(9-16)11(2)18-10)19-14-7-5-4-6-13(14)17-3/h8,13-14,17H,4-7H2,1-3H3. The second kappa shape index (κ2) is 6.03. The number of aryl methyl sites for hydroxylation is 2. The maximum absolute atomic E-state index is 9.26. The predicted molar refractivity (Wildman–Crippen MR) is 74.2 cm³/mol. The van der Waals surface area contributed by atoms with E-state index >= 15 is 0 Å². The Balaban J connectivity index is 2.25. The fourth-order valence-corrected chi connectivity index (χ4v) is 2.75. The average Bonchev–Trinajstić information content (AvgIpc) is 2.39. The number of likely N-dealkylation sites (N-methyl/N-ethyl adjacent to an activating group) is 1. The van der Waals surface area contributed by atoms with Crippen molar-refractivity contribution < 1.29 is 4.74 Å². The summed E-state index contributed by atoms with van der Waals surface area (Å²) in [5, 5.41) is 12.6. The SMILES string of the molecule is CNC1CCCCC1Oc1cc(C)nc(C)c1C#N. The molecule has 4 heteroatoms. The number of nitriles is 1. The van der Waals surface area contributed by atoms with E-state index in [-0.39, 0.29) is 6.10 Å². The summed E-state index contributed by atoms with van der Waals surface area (Å²) in [6.07, 6.45) is 4.74. The smallest absolute Gasteiger partial charge is 0.141 e. The van der Waals surface area contributed by atoms with Gasteiger partial charge in [-0.3, -0.25) is 4.98 Å². The third-order valence-corrected chi connectivity index (χ3v) is 3.76. The normalized spacial score (nSPS) is 22.8. The maximum Gasteiger partial charge on any atom is 0.141 e. The van der Waals surface area contributed by atoms with Crippen molar-refractivity contribution >= 4 is 0 Å². The molecule has 0 radical (unpaired) electrons. The molecule has 0 saturated heterocycles. The van der Waals surface area contributed by atoms with Crippen LogP contribution in [0.2, 0.25) is 0 Å². The summed E-state index contributed by atoms with van der Waals surface area (Å²) in [7, 11) is 1.97. The van der Waals surface area contributed by atoms with E-state index in [1.54, 1.807) is 0 Å². The number of pyridine rings is 1. The lowest BCUT2D eigenvalue weighted by molar-refractivity contribution is 0.117. The lowest BCUT2D eigenvalue weighted by atomic mass is 9.92. The zero-order chi connectivity index (χ0) is 13.8. The summed E-state index contributed by atoms with van der Waals surface area (Å²) in [5.74, 6) is 0.680. The first-order chi connectivity index (χ1) is 9.15. The van der Waals surface area contributed by atoms with E-state index in [2.05, 4.69) is 16.4 Å². The van der Waals surface area contributed by atoms with Gasteiger partial charge in [-0.05, 0) is 40.2 Å². The van der Waals surface area contributed by atoms with Crippen molar-refractivity contribution in [1.29, 1.82) is 5.26 Å². The van der Waals surface area contributed by atoms with E-state index < -0.39 is 0 Å². The van der Waals surface area contributed by atoms with Gasteiger partial charge < -0.3 is 10.1 Å². The number of hydrogen-bond acceptors (Lipinski definition) is 4. The van der Waals surface area contributed by atoms with Crippen LogP contribution in [0.3, 0.4) is 0 Å². The molecule has 1 aliphatic rings. The van der Waals surface area contributed by atoms with Crippen LogP contribution in [0.15, 0.2) is 6.07 Å². The third-order valence-electron chi connectivity index (χ3n) is 3.76. The molecule has 0 aliphatic heterocycles. The Kier molecular flexibility index (Phi) is 4.39. The predicted octanol–water partition coefficient (Wildman–Crippen LogP) is 2.48. The van der Waals surface area contributed by atoms with Gasteiger partial charge >= 0.3 is 0 Å². The van der Waals surface area contributed by atoms with Gasteiger partial charge in [0.15, 0.2) is 0 Å². The first-order valence-electron chi connectivity index (χ1n) is 6.88. The van der Waals surface area contributed by atoms with Crippen molar-refractivity contribution in [3.63, 3.8) is 0 Å². The number of ether oxygens (including phenoxy) is 1. The average molecular weight is 259 g/mol. The Morgan fingerprint density at radius 1 is 1.37 bits per heavy atom. The van der Waals surface area contributed by atoms with Crippen LogP contribution in [0.1, 0.15) is 42.6 Å². The van der Waals surface area contributed by atoms with E-state index in [0.717, 1.165) is 24.2 Å². The number of rotatable bonds is 3. The number of aromatic nitrogens is 1. The van der Waals surface area contributed by atoms with Gasteiger partial charge in [-0.15, -0.1) is 0 Å². The van der Waals surface area contributed by atoms with Crippen molar-refractivity contribution in [2.75, 3.05) is 7.05 Å². The number of nitrogens with zero attached hydrogens (tertiary/aromatic N) is 2. The minimum atomic E-state index is 0.145. The zero-order valence-corrected chi connectivity index (χ0v) is 11.9. The van der Waals surface area contributed by atoms with E-state index in [1.165, 1.54) is 12.8 Å². The summed E-state index contributed by atoms with van der Waals surface area (Å²) >= 11 is 0. The minimum absolute atomic E-state index is 0.145. The molecule has 2 unspecified atom stereocenters. The molecule has 1 N–H and O–H groups in total. The van der Waals surface area contributed by atoms with Crippen LogP contribution in [-0.4, -0.2) is 24.2 Å². The van der Waals surface area contributed by atoms with E-state index in [1.807, 2.05) is 27.0 Å². The van der Waals surface area contributed by atoms with Crippen molar-refractivity contribution in [2.24, 2.45) is 0 Å². The molecule has 0 aromatic carbocycles. The van der Waals surface area contributed by atoms with Gasteiger partial charge in [0.2, 0.25) is 0 Å². The van der Waals surface area contributed by atoms with Crippen molar-refractivity contribution in [3.05, 3.63) is 23.0 Å². The number of hydrogen-bond donors (Lipinski definition) is 1. The van der Waals surface area contributed by atoms with Crippen molar-refractivity contribution in [2.45, 2.75) is 51.7 Å². The lowest BCUT2D eigenvalue weighted by Crippen LogP contribution is -2.43. The summed E-state index contributed by atoms with van der Waals surface area (Å²) in [4.78, 5) is 4.32. The van der Waals surface area contributed by atoms with Crippen LogP contribution >= 0.6 is 0 Å². The van der Waals surface area contributed by atoms with Crippen LogP contribution in [-0.2, 0) is 0 Å². The summed E-state index contributed by atoms with van der Waals surface area (Å²) in [6.45, 7) is 3.78. The van der Waals surface area contributed by atoms with Crippen LogP contribution in [0, 0.1) is 25.2 Å². The molecule has 1 saturated carbocycles. The Morgan fingerprint density at radius 3 is 2.79 bits per heavy atom. The molecule has 1 aliphatic carbocycles. The first-order valence-corrected chi connectivity index (χ1v) is 6.88. The minimum Gasteiger partial charge on any atom is -0.487 e. The second-order valence-electron chi connectivity index (χ2n) is 5.17. The maximum atomic E-state index is 9.26. The van der Waals surface area contributed by atoms with E-state index in [0.29, 0.717) is 17.4 Å². The highest BCUT2D eigenvalue weighted by atomic mass is 16.5. The summed E-state index contributed by atoms with van der Waals surface area (Å²) in [5.41, 5.74) is 2.20. The highest BCUT2D eigenvalue weighted by Crippen LogP contribution is 2.27. The molecule has 0 spiro atoms. The van der Waals surface area contributed by atoms with Crippen LogP contribution in [0.4, 0.5) is 0 Å². The Hall–Kier alpha value is -1.60. The molecule has 2 rings (SSSR count). The van der Waals surface area contributed by atoms with Crippen LogP contribution in [0.25, 0.3) is 0 Å². The quantitative estimate of drug-likeness (QED) is 0.906. The van der Waals surface area contributed by atoms with Crippen molar-refractivity contribution in [1.82, 2.24) is 10.3 Å². The van der Waals surface area contributed by atoms with E-state index in [9.17, 15) is 5.26 Å². The molecule has 102 valence electrons. The fraction of sp³-hybridized carbons (Fsp3) is 0.600. The van der Waals surface area contributed by atoms with E-state index in [4.69, 9.17) is 4.74 Å². The molecule has 1 aromatic rings. The van der Waals surface area contributed by atoms with Crippen LogP contribution in [0.5, 0.6) is 5.75 Å². The lowest BCUT2D eigenvalue weighted by Gasteiger charge is -2.32. The fourth-order valence-electron chi connectivity index (χ4n) is 2.75. The Labute approximate surface area is 114 Å². The molecule has 0 amide bonds. The topological polar surface area (TPSA) is 57.9 Å². The first kappa shape index (κ1) is 13.8. The van der Waals surface area contributed by atoms with Crippen molar-refractivity contribution in [3.8, 4) is 11.8 Å². The van der Waals surface area contributed by atoms with Crippen LogP contribution < -0.4 is 10.1 Å². The molecular formula is C15H21N3O. The van der Waals surface area contributed by atoms with Gasteiger partial charge in [-0.1, -0.05) is 6.42 Å². The highest BCUT2D eigenvalue weighted by molar-refractivity contribution is 5.46. The van der Waals surface area contributed by atoms with Gasteiger partial charge in [0.25, 0.3) is 0 Å². The molecule has 1 fully saturated rings. The van der Waals surface area contributed by atoms with Gasteiger partial charge in [0.05, 0.1) is 5.69 Å². The van der Waals surface area contributed by atoms with Gasteiger partial charge in [-0.2, -0.15) is 5.26 Å². The molecule has 0 bridgehead atoms. The summed E-state index contributed by atoms with van der Waals surface area (Å²) in [6, 6.07) is 4.44. The molecular weight excluding hydrogens is 238 g/mol. The third kappa shape index (κ3) is 3.05. The van der Waals surface area contributed by atoms with Gasteiger partial charge in [0.1, 0.15) is 23.5 Å². The number of nitrogens with one attached hydrogen (secondary N) is 1. The molecule has 19 heavy (non-hydrogen) atoms. The zero-order valence-electron chi connectivity index (χ0n) is 11.9. The van der Waals surface area contributed by atoms with Gasteiger partial charge in [-0.25, -0.2) is 0 Å². The monoisotopic (exact) mass is 259 g/mol. The molecule has 1 heterocycles. The Morgan fingerprint density at radius 2 is 2.11 bits per heavy atom. The molecule has 2 atom stereocenters. The highest BCUT2D eigenvalue weighted by Gasteiger charge is 2.26. The second-order valence-corrected chi connectivity index (χ2v) is 5.17. The largest absolute Gasteiger partial charge is 0.487 e. The summed E-state index contributed by atoms with van der Waals surface area (Å²) < 4.78 is 6.12. The molecule has 4 nitrogen and oxygen atoms in total. The molecule has 1 aromatic heterocycles.